The first-order valence-corrected chi connectivity index (χ1v) is 6.87. The first-order valence-electron chi connectivity index (χ1n) is 5.45. The summed E-state index contributed by atoms with van der Waals surface area (Å²) in [6.07, 6.45) is 4.99. The Labute approximate surface area is 99.6 Å². The fourth-order valence-electron chi connectivity index (χ4n) is 1.44. The molecule has 2 nitrogen and oxygen atoms in total. The number of aromatic nitrogens is 1. The van der Waals surface area contributed by atoms with Crippen LogP contribution in [0.2, 0.25) is 0 Å². The second-order valence-electron chi connectivity index (χ2n) is 3.96. The van der Waals surface area contributed by atoms with Crippen LogP contribution in [0, 0.1) is 5.92 Å². The van der Waals surface area contributed by atoms with E-state index in [1.807, 2.05) is 5.38 Å². The number of hydrogen-bond acceptors (Lipinski definition) is 3. The molecule has 0 saturated heterocycles. The van der Waals surface area contributed by atoms with E-state index in [4.69, 9.17) is 16.3 Å². The SMILES string of the molecule is ClCc1csc(CCOCCC2CC2)n1. The van der Waals surface area contributed by atoms with Crippen LogP contribution >= 0.6 is 22.9 Å². The highest BCUT2D eigenvalue weighted by Gasteiger charge is 2.20. The van der Waals surface area contributed by atoms with E-state index in [0.717, 1.165) is 36.3 Å². The lowest BCUT2D eigenvalue weighted by Crippen LogP contribution is -2.00. The summed E-state index contributed by atoms with van der Waals surface area (Å²) in [4.78, 5) is 4.38. The summed E-state index contributed by atoms with van der Waals surface area (Å²) in [5.41, 5.74) is 0.981. The molecule has 0 radical (unpaired) electrons. The largest absolute Gasteiger partial charge is 0.381 e. The van der Waals surface area contributed by atoms with Crippen LogP contribution < -0.4 is 0 Å². The fourth-order valence-corrected chi connectivity index (χ4v) is 2.45. The zero-order valence-corrected chi connectivity index (χ0v) is 10.3. The van der Waals surface area contributed by atoms with Crippen molar-refractivity contribution in [2.75, 3.05) is 13.2 Å². The lowest BCUT2D eigenvalue weighted by Gasteiger charge is -2.01. The van der Waals surface area contributed by atoms with Crippen molar-refractivity contribution in [1.29, 1.82) is 0 Å². The van der Waals surface area contributed by atoms with Gasteiger partial charge in [-0.3, -0.25) is 0 Å². The lowest BCUT2D eigenvalue weighted by molar-refractivity contribution is 0.131. The summed E-state index contributed by atoms with van der Waals surface area (Å²) in [6.45, 7) is 1.71. The van der Waals surface area contributed by atoms with Crippen LogP contribution in [0.3, 0.4) is 0 Å². The standard InChI is InChI=1S/C11H16ClNOS/c12-7-10-8-15-11(13-10)4-6-14-5-3-9-1-2-9/h8-9H,1-7H2. The van der Waals surface area contributed by atoms with E-state index >= 15 is 0 Å². The highest BCUT2D eigenvalue weighted by atomic mass is 35.5. The molecule has 0 atom stereocenters. The van der Waals surface area contributed by atoms with Gasteiger partial charge in [0.25, 0.3) is 0 Å². The molecule has 0 N–H and O–H groups in total. The smallest absolute Gasteiger partial charge is 0.0951 e. The van der Waals surface area contributed by atoms with Crippen LogP contribution in [0.25, 0.3) is 0 Å². The third-order valence-corrected chi connectivity index (χ3v) is 3.80. The van der Waals surface area contributed by atoms with Crippen LogP contribution in [-0.2, 0) is 17.0 Å². The summed E-state index contributed by atoms with van der Waals surface area (Å²) in [6, 6.07) is 0. The van der Waals surface area contributed by atoms with Crippen LogP contribution in [0.1, 0.15) is 30.0 Å². The minimum atomic E-state index is 0.513. The molecule has 0 bridgehead atoms. The maximum atomic E-state index is 5.68. The third-order valence-electron chi connectivity index (χ3n) is 2.56. The van der Waals surface area contributed by atoms with E-state index in [2.05, 4.69) is 4.98 Å². The van der Waals surface area contributed by atoms with E-state index < -0.39 is 0 Å². The van der Waals surface area contributed by atoms with Crippen molar-refractivity contribution < 1.29 is 4.74 Å². The van der Waals surface area contributed by atoms with Gasteiger partial charge in [-0.05, 0) is 12.3 Å². The van der Waals surface area contributed by atoms with E-state index in [0.29, 0.717) is 5.88 Å². The van der Waals surface area contributed by atoms with Crippen molar-refractivity contribution in [2.24, 2.45) is 5.92 Å². The average Bonchev–Trinajstić information content (AvgIpc) is 2.96. The Bertz CT molecular complexity index is 299. The molecule has 1 aliphatic carbocycles. The zero-order valence-electron chi connectivity index (χ0n) is 8.75. The molecule has 1 aliphatic rings. The topological polar surface area (TPSA) is 22.1 Å². The molecule has 1 aromatic rings. The molecule has 15 heavy (non-hydrogen) atoms. The van der Waals surface area contributed by atoms with Gasteiger partial charge in [-0.2, -0.15) is 0 Å². The minimum absolute atomic E-state index is 0.513. The van der Waals surface area contributed by atoms with Crippen molar-refractivity contribution in [3.63, 3.8) is 0 Å². The molecular weight excluding hydrogens is 230 g/mol. The quantitative estimate of drug-likeness (QED) is 0.544. The highest BCUT2D eigenvalue weighted by molar-refractivity contribution is 7.09. The van der Waals surface area contributed by atoms with Gasteiger partial charge in [-0.1, -0.05) is 12.8 Å². The van der Waals surface area contributed by atoms with Crippen LogP contribution in [0.15, 0.2) is 5.38 Å². The van der Waals surface area contributed by atoms with Crippen LogP contribution in [0.5, 0.6) is 0 Å². The second kappa shape index (κ2) is 5.83. The summed E-state index contributed by atoms with van der Waals surface area (Å²) in [7, 11) is 0. The van der Waals surface area contributed by atoms with Crippen molar-refractivity contribution >= 4 is 22.9 Å². The van der Waals surface area contributed by atoms with Crippen molar-refractivity contribution in [3.8, 4) is 0 Å². The molecule has 84 valence electrons. The summed E-state index contributed by atoms with van der Waals surface area (Å²) in [5, 5.41) is 3.16. The van der Waals surface area contributed by atoms with Gasteiger partial charge < -0.3 is 4.74 Å². The molecular formula is C11H16ClNOS. The molecule has 0 aromatic carbocycles. The average molecular weight is 246 g/mol. The van der Waals surface area contributed by atoms with Crippen molar-refractivity contribution in [3.05, 3.63) is 16.1 Å². The van der Waals surface area contributed by atoms with Crippen molar-refractivity contribution in [2.45, 2.75) is 31.6 Å². The Morgan fingerprint density at radius 3 is 3.00 bits per heavy atom. The molecule has 1 fully saturated rings. The number of thiazole rings is 1. The molecule has 0 unspecified atom stereocenters. The van der Waals surface area contributed by atoms with Crippen molar-refractivity contribution in [1.82, 2.24) is 4.98 Å². The Morgan fingerprint density at radius 2 is 2.33 bits per heavy atom. The van der Waals surface area contributed by atoms with E-state index in [1.165, 1.54) is 19.3 Å². The van der Waals surface area contributed by atoms with Gasteiger partial charge in [0.2, 0.25) is 0 Å². The number of nitrogens with zero attached hydrogens (tertiary/aromatic N) is 1. The molecule has 0 spiro atoms. The number of alkyl halides is 1. The van der Waals surface area contributed by atoms with Gasteiger partial charge in [0, 0.05) is 18.4 Å². The molecule has 0 amide bonds. The number of rotatable bonds is 7. The lowest BCUT2D eigenvalue weighted by atomic mass is 10.3. The molecule has 1 aromatic heterocycles. The number of hydrogen-bond donors (Lipinski definition) is 0. The summed E-state index contributed by atoms with van der Waals surface area (Å²) >= 11 is 7.35. The van der Waals surface area contributed by atoms with Crippen LogP contribution in [0.4, 0.5) is 0 Å². The summed E-state index contributed by atoms with van der Waals surface area (Å²) in [5.74, 6) is 1.48. The first-order chi connectivity index (χ1) is 7.38. The predicted molar refractivity (Wildman–Crippen MR) is 63.5 cm³/mol. The monoisotopic (exact) mass is 245 g/mol. The molecule has 1 saturated carbocycles. The second-order valence-corrected chi connectivity index (χ2v) is 5.17. The van der Waals surface area contributed by atoms with E-state index in [1.54, 1.807) is 11.3 Å². The predicted octanol–water partition coefficient (Wildman–Crippen LogP) is 3.24. The van der Waals surface area contributed by atoms with E-state index in [-0.39, 0.29) is 0 Å². The van der Waals surface area contributed by atoms with E-state index in [9.17, 15) is 0 Å². The van der Waals surface area contributed by atoms with Gasteiger partial charge in [0.15, 0.2) is 0 Å². The maximum Gasteiger partial charge on any atom is 0.0951 e. The Balaban J connectivity index is 1.56. The zero-order chi connectivity index (χ0) is 10.5. The van der Waals surface area contributed by atoms with Gasteiger partial charge in [0.05, 0.1) is 23.2 Å². The van der Waals surface area contributed by atoms with Crippen LogP contribution in [-0.4, -0.2) is 18.2 Å². The third kappa shape index (κ3) is 4.09. The van der Waals surface area contributed by atoms with Gasteiger partial charge in [0.1, 0.15) is 0 Å². The Kier molecular flexibility index (Phi) is 4.42. The Morgan fingerprint density at radius 1 is 1.47 bits per heavy atom. The fraction of sp³-hybridized carbons (Fsp3) is 0.727. The van der Waals surface area contributed by atoms with Gasteiger partial charge >= 0.3 is 0 Å². The van der Waals surface area contributed by atoms with Gasteiger partial charge in [-0.25, -0.2) is 4.98 Å². The number of ether oxygens (including phenoxy) is 1. The molecule has 1 heterocycles. The first kappa shape index (κ1) is 11.4. The molecule has 4 heteroatoms. The Hall–Kier alpha value is -0.120. The molecule has 2 rings (SSSR count). The number of halogens is 1. The highest BCUT2D eigenvalue weighted by Crippen LogP contribution is 2.32. The molecule has 0 aliphatic heterocycles. The summed E-state index contributed by atoms with van der Waals surface area (Å²) < 4.78 is 5.56. The van der Waals surface area contributed by atoms with Gasteiger partial charge in [-0.15, -0.1) is 22.9 Å². The minimum Gasteiger partial charge on any atom is -0.381 e. The normalized spacial score (nSPS) is 15.8. The maximum absolute atomic E-state index is 5.68.